The molecule has 0 radical (unpaired) electrons. The molecule has 2 fully saturated rings. The smallest absolute Gasteiger partial charge is 0.317 e. The van der Waals surface area contributed by atoms with E-state index in [0.717, 1.165) is 12.8 Å². The Bertz CT molecular complexity index is 612. The van der Waals surface area contributed by atoms with E-state index in [0.29, 0.717) is 32.7 Å². The third kappa shape index (κ3) is 4.75. The van der Waals surface area contributed by atoms with Crippen molar-refractivity contribution in [2.45, 2.75) is 57.9 Å². The first-order chi connectivity index (χ1) is 12.5. The fourth-order valence-corrected chi connectivity index (χ4v) is 3.61. The first-order valence-corrected chi connectivity index (χ1v) is 9.53. The molecular formula is C20H29N3O3. The first-order valence-electron chi connectivity index (χ1n) is 9.53. The van der Waals surface area contributed by atoms with E-state index in [1.54, 1.807) is 0 Å². The van der Waals surface area contributed by atoms with Gasteiger partial charge >= 0.3 is 6.03 Å². The Kier molecular flexibility index (Phi) is 6.14. The maximum absolute atomic E-state index is 12.5. The van der Waals surface area contributed by atoms with Gasteiger partial charge in [-0.25, -0.2) is 4.79 Å². The topological polar surface area (TPSA) is 61.9 Å². The molecule has 1 aromatic rings. The molecule has 1 unspecified atom stereocenters. The zero-order valence-electron chi connectivity index (χ0n) is 15.7. The van der Waals surface area contributed by atoms with Crippen LogP contribution in [0.5, 0.6) is 0 Å². The molecule has 6 nitrogen and oxygen atoms in total. The zero-order valence-corrected chi connectivity index (χ0v) is 15.7. The van der Waals surface area contributed by atoms with E-state index in [4.69, 9.17) is 4.74 Å². The number of hydrogen-bond donors (Lipinski definition) is 1. The number of nitrogens with zero attached hydrogens (tertiary/aromatic N) is 2. The van der Waals surface area contributed by atoms with Crippen molar-refractivity contribution in [2.24, 2.45) is 0 Å². The number of nitrogens with one attached hydrogen (secondary N) is 1. The van der Waals surface area contributed by atoms with Crippen molar-refractivity contribution in [3.63, 3.8) is 0 Å². The Morgan fingerprint density at radius 1 is 1.23 bits per heavy atom. The average Bonchev–Trinajstić information content (AvgIpc) is 3.01. The van der Waals surface area contributed by atoms with Crippen molar-refractivity contribution in [3.05, 3.63) is 35.9 Å². The van der Waals surface area contributed by atoms with Gasteiger partial charge in [-0.05, 0) is 32.3 Å². The predicted molar refractivity (Wildman–Crippen MR) is 99.6 cm³/mol. The third-order valence-electron chi connectivity index (χ3n) is 5.17. The highest BCUT2D eigenvalue weighted by Gasteiger charge is 2.33. The lowest BCUT2D eigenvalue weighted by Crippen LogP contribution is -2.49. The van der Waals surface area contributed by atoms with Crippen molar-refractivity contribution in [1.82, 2.24) is 15.1 Å². The van der Waals surface area contributed by atoms with Gasteiger partial charge in [-0.15, -0.1) is 0 Å². The number of ether oxygens (including phenoxy) is 1. The summed E-state index contributed by atoms with van der Waals surface area (Å²) in [5.74, 6) is 0.123. The van der Waals surface area contributed by atoms with E-state index in [1.165, 1.54) is 5.56 Å². The standard InChI is InChI=1S/C20H29N3O3/c1-15(2)23-13-17(12-19(23)24)21-20(25)22-10-8-18(9-11-22)26-14-16-6-4-3-5-7-16/h3-7,15,17-18H,8-14H2,1-2H3,(H,21,25). The fraction of sp³-hybridized carbons (Fsp3) is 0.600. The largest absolute Gasteiger partial charge is 0.373 e. The van der Waals surface area contributed by atoms with Crippen LogP contribution in [0.2, 0.25) is 0 Å². The summed E-state index contributed by atoms with van der Waals surface area (Å²) in [6.45, 7) is 6.62. The van der Waals surface area contributed by atoms with Gasteiger partial charge in [0, 0.05) is 32.1 Å². The Labute approximate surface area is 155 Å². The molecular weight excluding hydrogens is 330 g/mol. The third-order valence-corrected chi connectivity index (χ3v) is 5.17. The molecule has 1 aromatic carbocycles. The molecule has 26 heavy (non-hydrogen) atoms. The van der Waals surface area contributed by atoms with Gasteiger partial charge in [-0.2, -0.15) is 0 Å². The van der Waals surface area contributed by atoms with E-state index in [2.05, 4.69) is 17.4 Å². The van der Waals surface area contributed by atoms with Crippen molar-refractivity contribution in [2.75, 3.05) is 19.6 Å². The predicted octanol–water partition coefficient (Wildman–Crippen LogP) is 2.39. The summed E-state index contributed by atoms with van der Waals surface area (Å²) in [7, 11) is 0. The van der Waals surface area contributed by atoms with Gasteiger partial charge in [0.05, 0.1) is 18.8 Å². The van der Waals surface area contributed by atoms with Crippen molar-refractivity contribution >= 4 is 11.9 Å². The zero-order chi connectivity index (χ0) is 18.5. The van der Waals surface area contributed by atoms with Crippen molar-refractivity contribution in [3.8, 4) is 0 Å². The lowest BCUT2D eigenvalue weighted by Gasteiger charge is -2.32. The van der Waals surface area contributed by atoms with E-state index in [1.807, 2.05) is 41.8 Å². The fourth-order valence-electron chi connectivity index (χ4n) is 3.61. The summed E-state index contributed by atoms with van der Waals surface area (Å²) in [6.07, 6.45) is 2.30. The Balaban J connectivity index is 1.39. The van der Waals surface area contributed by atoms with Gasteiger partial charge in [-0.3, -0.25) is 4.79 Å². The minimum absolute atomic E-state index is 0.0603. The van der Waals surface area contributed by atoms with Gasteiger partial charge < -0.3 is 19.9 Å². The highest BCUT2D eigenvalue weighted by atomic mass is 16.5. The van der Waals surface area contributed by atoms with Crippen LogP contribution in [0, 0.1) is 0 Å². The summed E-state index contributed by atoms with van der Waals surface area (Å²) in [6, 6.07) is 10.2. The van der Waals surface area contributed by atoms with Crippen LogP contribution in [0.4, 0.5) is 4.79 Å². The van der Waals surface area contributed by atoms with Crippen LogP contribution >= 0.6 is 0 Å². The molecule has 6 heteroatoms. The molecule has 3 rings (SSSR count). The second kappa shape index (κ2) is 8.54. The van der Waals surface area contributed by atoms with Gasteiger partial charge in [-0.1, -0.05) is 30.3 Å². The number of rotatable bonds is 5. The van der Waals surface area contributed by atoms with Crippen LogP contribution in [-0.2, 0) is 16.1 Å². The second-order valence-electron chi connectivity index (χ2n) is 7.47. The number of amides is 3. The Hall–Kier alpha value is -2.08. The van der Waals surface area contributed by atoms with Crippen LogP contribution in [0.25, 0.3) is 0 Å². The number of urea groups is 1. The van der Waals surface area contributed by atoms with Gasteiger partial charge in [0.2, 0.25) is 5.91 Å². The molecule has 0 saturated carbocycles. The number of hydrogen-bond acceptors (Lipinski definition) is 3. The molecule has 2 heterocycles. The number of carbonyl (C=O) groups excluding carboxylic acids is 2. The summed E-state index contributed by atoms with van der Waals surface area (Å²) in [5.41, 5.74) is 1.17. The lowest BCUT2D eigenvalue weighted by atomic mass is 10.1. The second-order valence-corrected chi connectivity index (χ2v) is 7.47. The SMILES string of the molecule is CC(C)N1CC(NC(=O)N2CCC(OCc3ccccc3)CC2)CC1=O. The molecule has 1 N–H and O–H groups in total. The van der Waals surface area contributed by atoms with Gasteiger partial charge in [0.1, 0.15) is 0 Å². The van der Waals surface area contributed by atoms with Crippen LogP contribution in [0.1, 0.15) is 38.7 Å². The monoisotopic (exact) mass is 359 g/mol. The van der Waals surface area contributed by atoms with Crippen LogP contribution in [-0.4, -0.2) is 59.6 Å². The highest BCUT2D eigenvalue weighted by Crippen LogP contribution is 2.18. The number of piperidine rings is 1. The minimum Gasteiger partial charge on any atom is -0.373 e. The molecule has 2 aliphatic heterocycles. The van der Waals surface area contributed by atoms with Crippen LogP contribution < -0.4 is 5.32 Å². The molecule has 2 aliphatic rings. The molecule has 0 spiro atoms. The van der Waals surface area contributed by atoms with E-state index in [-0.39, 0.29) is 30.1 Å². The Morgan fingerprint density at radius 3 is 2.54 bits per heavy atom. The van der Waals surface area contributed by atoms with E-state index in [9.17, 15) is 9.59 Å². The van der Waals surface area contributed by atoms with Crippen molar-refractivity contribution < 1.29 is 14.3 Å². The first kappa shape index (κ1) is 18.7. The maximum Gasteiger partial charge on any atom is 0.317 e. The summed E-state index contributed by atoms with van der Waals surface area (Å²) >= 11 is 0. The average molecular weight is 359 g/mol. The molecule has 0 bridgehead atoms. The normalized spacial score (nSPS) is 21.5. The molecule has 1 atom stereocenters. The Morgan fingerprint density at radius 2 is 1.92 bits per heavy atom. The molecule has 3 amide bonds. The summed E-state index contributed by atoms with van der Waals surface area (Å²) < 4.78 is 5.98. The van der Waals surface area contributed by atoms with E-state index < -0.39 is 0 Å². The highest BCUT2D eigenvalue weighted by molar-refractivity contribution is 5.82. The molecule has 0 aliphatic carbocycles. The van der Waals surface area contributed by atoms with E-state index >= 15 is 0 Å². The molecule has 2 saturated heterocycles. The number of likely N-dealkylation sites (tertiary alicyclic amines) is 2. The van der Waals surface area contributed by atoms with Gasteiger partial charge in [0.15, 0.2) is 0 Å². The number of benzene rings is 1. The van der Waals surface area contributed by atoms with Crippen LogP contribution in [0.15, 0.2) is 30.3 Å². The number of carbonyl (C=O) groups is 2. The molecule has 0 aromatic heterocycles. The minimum atomic E-state index is -0.0792. The summed E-state index contributed by atoms with van der Waals surface area (Å²) in [5, 5.41) is 3.02. The summed E-state index contributed by atoms with van der Waals surface area (Å²) in [4.78, 5) is 28.1. The molecule has 142 valence electrons. The quantitative estimate of drug-likeness (QED) is 0.878. The lowest BCUT2D eigenvalue weighted by molar-refractivity contribution is -0.129. The maximum atomic E-state index is 12.5. The van der Waals surface area contributed by atoms with Gasteiger partial charge in [0.25, 0.3) is 0 Å². The van der Waals surface area contributed by atoms with Crippen molar-refractivity contribution in [1.29, 1.82) is 0 Å². The van der Waals surface area contributed by atoms with Crippen LogP contribution in [0.3, 0.4) is 0 Å².